The number of nitrogens with zero attached hydrogens (tertiary/aromatic N) is 1. The number of rotatable bonds is 6. The molecular weight excluding hydrogens is 440 g/mol. The van der Waals surface area contributed by atoms with Crippen LogP contribution in [0.15, 0.2) is 60.0 Å². The second-order valence-corrected chi connectivity index (χ2v) is 9.18. The lowest BCUT2D eigenvalue weighted by atomic mass is 10.2. The quantitative estimate of drug-likeness (QED) is 0.299. The number of aromatic nitrogens is 2. The second kappa shape index (κ2) is 9.33. The van der Waals surface area contributed by atoms with Crippen LogP contribution in [0.3, 0.4) is 0 Å². The van der Waals surface area contributed by atoms with Crippen LogP contribution >= 0.6 is 11.3 Å². The molecule has 3 N–H and O–H groups in total. The summed E-state index contributed by atoms with van der Waals surface area (Å²) in [5.41, 5.74) is 2.64. The first-order valence-corrected chi connectivity index (χ1v) is 11.2. The molecule has 0 aliphatic carbocycles. The van der Waals surface area contributed by atoms with E-state index in [1.807, 2.05) is 35.7 Å². The Bertz CT molecular complexity index is 1270. The van der Waals surface area contributed by atoms with Gasteiger partial charge in [-0.3, -0.25) is 5.32 Å². The summed E-state index contributed by atoms with van der Waals surface area (Å²) in [5.74, 6) is -0.488. The molecule has 170 valence electrons. The Morgan fingerprint density at radius 1 is 1.06 bits per heavy atom. The third-order valence-corrected chi connectivity index (χ3v) is 5.22. The van der Waals surface area contributed by atoms with Gasteiger partial charge >= 0.3 is 12.1 Å². The van der Waals surface area contributed by atoms with Crippen molar-refractivity contribution in [1.82, 2.24) is 9.97 Å². The van der Waals surface area contributed by atoms with E-state index in [1.165, 1.54) is 11.3 Å². The van der Waals surface area contributed by atoms with Gasteiger partial charge in [0.25, 0.3) is 0 Å². The molecule has 2 heterocycles. The van der Waals surface area contributed by atoms with E-state index >= 15 is 0 Å². The van der Waals surface area contributed by atoms with Gasteiger partial charge in [0.15, 0.2) is 5.13 Å². The Hall–Kier alpha value is -3.85. The third kappa shape index (κ3) is 6.11. The third-order valence-electron chi connectivity index (χ3n) is 4.41. The molecule has 0 unspecified atom stereocenters. The number of fused-ring (bicyclic) bond motifs is 1. The number of carbonyl (C=O) groups is 2. The van der Waals surface area contributed by atoms with E-state index in [0.29, 0.717) is 17.1 Å². The number of H-pyrrole nitrogens is 1. The highest BCUT2D eigenvalue weighted by atomic mass is 32.1. The molecule has 2 aromatic heterocycles. The van der Waals surface area contributed by atoms with Gasteiger partial charge in [0.05, 0.1) is 5.69 Å². The lowest BCUT2D eigenvalue weighted by Crippen LogP contribution is -2.27. The van der Waals surface area contributed by atoms with Gasteiger partial charge in [-0.2, -0.15) is 0 Å². The molecule has 0 spiro atoms. The van der Waals surface area contributed by atoms with Crippen molar-refractivity contribution >= 4 is 50.8 Å². The molecule has 1 amide bonds. The number of esters is 1. The van der Waals surface area contributed by atoms with Crippen molar-refractivity contribution in [3.8, 4) is 0 Å². The Balaban J connectivity index is 1.36. The number of nitrogens with one attached hydrogen (secondary N) is 3. The minimum atomic E-state index is -0.588. The van der Waals surface area contributed by atoms with Crippen molar-refractivity contribution in [1.29, 1.82) is 0 Å². The molecule has 0 aliphatic rings. The Morgan fingerprint density at radius 3 is 2.61 bits per heavy atom. The Labute approximate surface area is 195 Å². The molecule has 2 aromatic carbocycles. The van der Waals surface area contributed by atoms with Crippen LogP contribution in [0.25, 0.3) is 10.9 Å². The molecule has 4 aromatic rings. The predicted molar refractivity (Wildman–Crippen MR) is 129 cm³/mol. The van der Waals surface area contributed by atoms with Crippen molar-refractivity contribution in [3.05, 3.63) is 71.4 Å². The van der Waals surface area contributed by atoms with Gasteiger partial charge in [0.2, 0.25) is 0 Å². The van der Waals surface area contributed by atoms with E-state index in [9.17, 15) is 9.59 Å². The molecule has 0 saturated heterocycles. The zero-order valence-electron chi connectivity index (χ0n) is 18.5. The fourth-order valence-corrected chi connectivity index (χ4v) is 3.75. The highest BCUT2D eigenvalue weighted by Gasteiger charge is 2.17. The molecule has 0 saturated carbocycles. The van der Waals surface area contributed by atoms with Gasteiger partial charge in [0.1, 0.15) is 17.9 Å². The minimum Gasteiger partial charge on any atom is -0.454 e. The smallest absolute Gasteiger partial charge is 0.412 e. The summed E-state index contributed by atoms with van der Waals surface area (Å²) in [6.07, 6.45) is -0.540. The van der Waals surface area contributed by atoms with Crippen LogP contribution < -0.4 is 10.6 Å². The number of hydrogen-bond donors (Lipinski definition) is 3. The van der Waals surface area contributed by atoms with Crippen LogP contribution in [0, 0.1) is 0 Å². The van der Waals surface area contributed by atoms with Crippen LogP contribution in [-0.4, -0.2) is 27.6 Å². The lowest BCUT2D eigenvalue weighted by Gasteiger charge is -2.19. The molecule has 0 radical (unpaired) electrons. The van der Waals surface area contributed by atoms with Crippen molar-refractivity contribution in [3.63, 3.8) is 0 Å². The number of aromatic amines is 1. The molecule has 0 bridgehead atoms. The lowest BCUT2D eigenvalue weighted by molar-refractivity contribution is 0.0462. The number of amides is 1. The van der Waals surface area contributed by atoms with Crippen molar-refractivity contribution in [2.24, 2.45) is 0 Å². The number of anilines is 3. The van der Waals surface area contributed by atoms with E-state index in [-0.39, 0.29) is 6.61 Å². The number of para-hydroxylation sites is 1. The number of benzene rings is 2. The van der Waals surface area contributed by atoms with Gasteiger partial charge in [-0.15, -0.1) is 11.3 Å². The summed E-state index contributed by atoms with van der Waals surface area (Å²) in [6, 6.07) is 16.7. The molecule has 9 heteroatoms. The molecule has 33 heavy (non-hydrogen) atoms. The van der Waals surface area contributed by atoms with Gasteiger partial charge in [0, 0.05) is 27.7 Å². The van der Waals surface area contributed by atoms with E-state index in [4.69, 9.17) is 9.47 Å². The number of ether oxygens (including phenoxy) is 2. The highest BCUT2D eigenvalue weighted by Crippen LogP contribution is 2.23. The van der Waals surface area contributed by atoms with E-state index in [0.717, 1.165) is 21.7 Å². The molecule has 0 aliphatic heterocycles. The number of thiazole rings is 1. The maximum Gasteiger partial charge on any atom is 0.412 e. The standard InChI is InChI=1S/C24H24N4O4S/c1-24(2,3)32-23(30)27-17-9-10-19-15(11-17)12-20(28-19)21(29)31-13-18-14-33-22(26-18)25-16-7-5-4-6-8-16/h4-12,14,28H,13H2,1-3H3,(H,25,26)(H,27,30). The van der Waals surface area contributed by atoms with Gasteiger partial charge in [-0.25, -0.2) is 14.6 Å². The topological polar surface area (TPSA) is 105 Å². The van der Waals surface area contributed by atoms with Gasteiger partial charge < -0.3 is 19.8 Å². The average Bonchev–Trinajstić information content (AvgIpc) is 3.38. The van der Waals surface area contributed by atoms with Crippen molar-refractivity contribution in [2.75, 3.05) is 10.6 Å². The molecule has 0 fully saturated rings. The maximum atomic E-state index is 12.5. The SMILES string of the molecule is CC(C)(C)OC(=O)Nc1ccc2[nH]c(C(=O)OCc3csc(Nc4ccccc4)n3)cc2c1. The normalized spacial score (nSPS) is 11.2. The number of carbonyl (C=O) groups excluding carboxylic acids is 2. The van der Waals surface area contributed by atoms with Crippen LogP contribution in [0.1, 0.15) is 37.0 Å². The molecular formula is C24H24N4O4S. The summed E-state index contributed by atoms with van der Waals surface area (Å²) in [7, 11) is 0. The summed E-state index contributed by atoms with van der Waals surface area (Å²) < 4.78 is 10.7. The minimum absolute atomic E-state index is 0.0621. The zero-order chi connectivity index (χ0) is 23.4. The predicted octanol–water partition coefficient (Wildman–Crippen LogP) is 6.07. The fourth-order valence-electron chi connectivity index (χ4n) is 3.03. The van der Waals surface area contributed by atoms with Gasteiger partial charge in [-0.1, -0.05) is 18.2 Å². The van der Waals surface area contributed by atoms with Crippen LogP contribution in [-0.2, 0) is 16.1 Å². The van der Waals surface area contributed by atoms with Crippen molar-refractivity contribution < 1.29 is 19.1 Å². The van der Waals surface area contributed by atoms with Crippen molar-refractivity contribution in [2.45, 2.75) is 33.0 Å². The average molecular weight is 465 g/mol. The largest absolute Gasteiger partial charge is 0.454 e. The fraction of sp³-hybridized carbons (Fsp3) is 0.208. The molecule has 4 rings (SSSR count). The highest BCUT2D eigenvalue weighted by molar-refractivity contribution is 7.13. The van der Waals surface area contributed by atoms with Crippen LogP contribution in [0.2, 0.25) is 0 Å². The Morgan fingerprint density at radius 2 is 1.85 bits per heavy atom. The number of hydrogen-bond acceptors (Lipinski definition) is 7. The van der Waals surface area contributed by atoms with Crippen LogP contribution in [0.5, 0.6) is 0 Å². The van der Waals surface area contributed by atoms with Gasteiger partial charge in [-0.05, 0) is 57.2 Å². The Kier molecular flexibility index (Phi) is 6.32. The first-order valence-electron chi connectivity index (χ1n) is 10.3. The molecule has 0 atom stereocenters. The van der Waals surface area contributed by atoms with Crippen LogP contribution in [0.4, 0.5) is 21.3 Å². The second-order valence-electron chi connectivity index (χ2n) is 8.32. The van der Waals surface area contributed by atoms with E-state index < -0.39 is 17.7 Å². The summed E-state index contributed by atoms with van der Waals surface area (Å²) in [4.78, 5) is 32.0. The summed E-state index contributed by atoms with van der Waals surface area (Å²) in [6.45, 7) is 5.46. The first-order chi connectivity index (χ1) is 15.7. The maximum absolute atomic E-state index is 12.5. The summed E-state index contributed by atoms with van der Waals surface area (Å²) >= 11 is 1.44. The monoisotopic (exact) mass is 464 g/mol. The first kappa shape index (κ1) is 22.3. The summed E-state index contributed by atoms with van der Waals surface area (Å²) in [5, 5.41) is 9.24. The van der Waals surface area contributed by atoms with E-state index in [2.05, 4.69) is 20.6 Å². The zero-order valence-corrected chi connectivity index (χ0v) is 19.3. The van der Waals surface area contributed by atoms with E-state index in [1.54, 1.807) is 45.0 Å². The molecule has 8 nitrogen and oxygen atoms in total.